The zero-order chi connectivity index (χ0) is 12.3. The summed E-state index contributed by atoms with van der Waals surface area (Å²) in [5.41, 5.74) is 6.60. The standard InChI is InChI=1S/C13H20N2OS/c1-2-15-13(16)10-8-11(17-12(10)14)9-6-4-3-5-7-9/h8-9H,2-7,14H2,1H3,(H,15,16). The molecule has 17 heavy (non-hydrogen) atoms. The van der Waals surface area contributed by atoms with Gasteiger partial charge in [-0.05, 0) is 31.7 Å². The first-order valence-electron chi connectivity index (χ1n) is 6.39. The van der Waals surface area contributed by atoms with Gasteiger partial charge in [0.1, 0.15) is 0 Å². The highest BCUT2D eigenvalue weighted by molar-refractivity contribution is 7.16. The number of thiophene rings is 1. The van der Waals surface area contributed by atoms with Gasteiger partial charge in [0.25, 0.3) is 5.91 Å². The number of nitrogens with two attached hydrogens (primary N) is 1. The molecule has 94 valence electrons. The van der Waals surface area contributed by atoms with E-state index in [2.05, 4.69) is 5.32 Å². The highest BCUT2D eigenvalue weighted by atomic mass is 32.1. The predicted molar refractivity (Wildman–Crippen MR) is 72.6 cm³/mol. The van der Waals surface area contributed by atoms with Crippen molar-refractivity contribution in [1.29, 1.82) is 0 Å². The Labute approximate surface area is 106 Å². The first kappa shape index (κ1) is 12.4. The number of nitrogen functional groups attached to an aromatic ring is 1. The molecule has 0 unspecified atom stereocenters. The van der Waals surface area contributed by atoms with Crippen LogP contribution in [-0.4, -0.2) is 12.5 Å². The van der Waals surface area contributed by atoms with Crippen LogP contribution in [0.2, 0.25) is 0 Å². The molecule has 1 fully saturated rings. The van der Waals surface area contributed by atoms with E-state index in [1.54, 1.807) is 11.3 Å². The number of carbonyl (C=O) groups is 1. The summed E-state index contributed by atoms with van der Waals surface area (Å²) in [6, 6.07) is 2.00. The van der Waals surface area contributed by atoms with Gasteiger partial charge in [-0.15, -0.1) is 11.3 Å². The molecule has 1 aromatic heterocycles. The minimum Gasteiger partial charge on any atom is -0.390 e. The quantitative estimate of drug-likeness (QED) is 0.868. The maximum Gasteiger partial charge on any atom is 0.254 e. The lowest BCUT2D eigenvalue weighted by Gasteiger charge is -2.19. The summed E-state index contributed by atoms with van der Waals surface area (Å²) < 4.78 is 0. The molecular weight excluding hydrogens is 232 g/mol. The summed E-state index contributed by atoms with van der Waals surface area (Å²) in [6.45, 7) is 2.56. The van der Waals surface area contributed by atoms with E-state index in [4.69, 9.17) is 5.73 Å². The Hall–Kier alpha value is -1.03. The topological polar surface area (TPSA) is 55.1 Å². The van der Waals surface area contributed by atoms with E-state index in [0.717, 1.165) is 0 Å². The van der Waals surface area contributed by atoms with Crippen LogP contribution in [0.25, 0.3) is 0 Å². The Kier molecular flexibility index (Phi) is 4.05. The summed E-state index contributed by atoms with van der Waals surface area (Å²) in [4.78, 5) is 13.1. The van der Waals surface area contributed by atoms with E-state index in [0.29, 0.717) is 23.0 Å². The van der Waals surface area contributed by atoms with E-state index >= 15 is 0 Å². The number of hydrogen-bond donors (Lipinski definition) is 2. The molecule has 0 bridgehead atoms. The zero-order valence-corrected chi connectivity index (χ0v) is 11.1. The van der Waals surface area contributed by atoms with Crippen molar-refractivity contribution in [3.8, 4) is 0 Å². The maximum atomic E-state index is 11.8. The largest absolute Gasteiger partial charge is 0.390 e. The van der Waals surface area contributed by atoms with Crippen molar-refractivity contribution < 1.29 is 4.79 Å². The summed E-state index contributed by atoms with van der Waals surface area (Å²) in [7, 11) is 0. The van der Waals surface area contributed by atoms with Crippen LogP contribution >= 0.6 is 11.3 Å². The van der Waals surface area contributed by atoms with Crippen LogP contribution < -0.4 is 11.1 Å². The van der Waals surface area contributed by atoms with Crippen molar-refractivity contribution in [2.24, 2.45) is 0 Å². The minimum absolute atomic E-state index is 0.0386. The smallest absolute Gasteiger partial charge is 0.254 e. The van der Waals surface area contributed by atoms with Gasteiger partial charge >= 0.3 is 0 Å². The number of hydrogen-bond acceptors (Lipinski definition) is 3. The van der Waals surface area contributed by atoms with Gasteiger partial charge in [0.2, 0.25) is 0 Å². The summed E-state index contributed by atoms with van der Waals surface area (Å²) in [5, 5.41) is 3.47. The molecular formula is C13H20N2OS. The average Bonchev–Trinajstić information content (AvgIpc) is 2.73. The first-order chi connectivity index (χ1) is 8.22. The third kappa shape index (κ3) is 2.80. The fourth-order valence-electron chi connectivity index (χ4n) is 2.45. The Morgan fingerprint density at radius 2 is 2.18 bits per heavy atom. The fraction of sp³-hybridized carbons (Fsp3) is 0.615. The van der Waals surface area contributed by atoms with Crippen LogP contribution in [0.5, 0.6) is 0 Å². The summed E-state index contributed by atoms with van der Waals surface area (Å²) in [6.07, 6.45) is 6.45. The second-order valence-electron chi connectivity index (χ2n) is 4.62. The number of carbonyl (C=O) groups excluding carboxylic acids is 1. The molecule has 1 saturated carbocycles. The predicted octanol–water partition coefficient (Wildman–Crippen LogP) is 3.13. The van der Waals surface area contributed by atoms with Gasteiger partial charge in [0, 0.05) is 11.4 Å². The molecule has 1 amide bonds. The van der Waals surface area contributed by atoms with Gasteiger partial charge < -0.3 is 11.1 Å². The van der Waals surface area contributed by atoms with Crippen molar-refractivity contribution in [3.63, 3.8) is 0 Å². The lowest BCUT2D eigenvalue weighted by molar-refractivity contribution is 0.0957. The first-order valence-corrected chi connectivity index (χ1v) is 7.21. The maximum absolute atomic E-state index is 11.8. The molecule has 3 N–H and O–H groups in total. The van der Waals surface area contributed by atoms with E-state index in [9.17, 15) is 4.79 Å². The Balaban J connectivity index is 2.14. The summed E-state index contributed by atoms with van der Waals surface area (Å²) in [5.74, 6) is 0.586. The van der Waals surface area contributed by atoms with Crippen molar-refractivity contribution in [2.45, 2.75) is 44.9 Å². The van der Waals surface area contributed by atoms with Gasteiger partial charge in [0.15, 0.2) is 0 Å². The molecule has 0 spiro atoms. The van der Waals surface area contributed by atoms with Crippen LogP contribution in [0.4, 0.5) is 5.00 Å². The highest BCUT2D eigenvalue weighted by Gasteiger charge is 2.21. The molecule has 3 nitrogen and oxygen atoms in total. The molecule has 1 aliphatic carbocycles. The third-order valence-electron chi connectivity index (χ3n) is 3.37. The Morgan fingerprint density at radius 1 is 1.47 bits per heavy atom. The molecule has 0 saturated heterocycles. The molecule has 1 heterocycles. The summed E-state index contributed by atoms with van der Waals surface area (Å²) >= 11 is 1.59. The van der Waals surface area contributed by atoms with Gasteiger partial charge in [0.05, 0.1) is 10.6 Å². The lowest BCUT2D eigenvalue weighted by Crippen LogP contribution is -2.22. The molecule has 4 heteroatoms. The van der Waals surface area contributed by atoms with Gasteiger partial charge in [-0.3, -0.25) is 4.79 Å². The molecule has 0 radical (unpaired) electrons. The van der Waals surface area contributed by atoms with E-state index < -0.39 is 0 Å². The molecule has 0 aliphatic heterocycles. The number of anilines is 1. The van der Waals surface area contributed by atoms with Crippen LogP contribution in [0.3, 0.4) is 0 Å². The molecule has 0 atom stereocenters. The van der Waals surface area contributed by atoms with Crippen molar-refractivity contribution in [3.05, 3.63) is 16.5 Å². The van der Waals surface area contributed by atoms with E-state index in [-0.39, 0.29) is 5.91 Å². The molecule has 2 rings (SSSR count). The second kappa shape index (κ2) is 5.54. The normalized spacial score (nSPS) is 17.0. The second-order valence-corrected chi connectivity index (χ2v) is 5.74. The number of nitrogens with one attached hydrogen (secondary N) is 1. The number of rotatable bonds is 3. The number of amides is 1. The third-order valence-corrected chi connectivity index (χ3v) is 4.50. The monoisotopic (exact) mass is 252 g/mol. The van der Waals surface area contributed by atoms with Crippen molar-refractivity contribution >= 4 is 22.2 Å². The minimum atomic E-state index is -0.0386. The van der Waals surface area contributed by atoms with E-state index in [1.165, 1.54) is 37.0 Å². The highest BCUT2D eigenvalue weighted by Crippen LogP contribution is 2.38. The van der Waals surface area contributed by atoms with Crippen LogP contribution in [-0.2, 0) is 0 Å². The van der Waals surface area contributed by atoms with Crippen LogP contribution in [0, 0.1) is 0 Å². The van der Waals surface area contributed by atoms with E-state index in [1.807, 2.05) is 13.0 Å². The lowest BCUT2D eigenvalue weighted by atomic mass is 9.88. The Morgan fingerprint density at radius 3 is 2.82 bits per heavy atom. The average molecular weight is 252 g/mol. The fourth-order valence-corrected chi connectivity index (χ4v) is 3.54. The Bertz CT molecular complexity index is 394. The van der Waals surface area contributed by atoms with Gasteiger partial charge in [-0.25, -0.2) is 0 Å². The van der Waals surface area contributed by atoms with Crippen LogP contribution in [0.15, 0.2) is 6.07 Å². The van der Waals surface area contributed by atoms with Gasteiger partial charge in [-0.2, -0.15) is 0 Å². The van der Waals surface area contributed by atoms with Crippen molar-refractivity contribution in [1.82, 2.24) is 5.32 Å². The van der Waals surface area contributed by atoms with Crippen molar-refractivity contribution in [2.75, 3.05) is 12.3 Å². The molecule has 1 aliphatic rings. The SMILES string of the molecule is CCNC(=O)c1cc(C2CCCCC2)sc1N. The molecule has 1 aromatic rings. The zero-order valence-electron chi connectivity index (χ0n) is 10.3. The molecule has 0 aromatic carbocycles. The van der Waals surface area contributed by atoms with Gasteiger partial charge in [-0.1, -0.05) is 19.3 Å². The van der Waals surface area contributed by atoms with Crippen LogP contribution in [0.1, 0.15) is 60.2 Å².